The maximum atomic E-state index is 14.2. The van der Waals surface area contributed by atoms with E-state index < -0.39 is 0 Å². The van der Waals surface area contributed by atoms with Crippen LogP contribution in [0.2, 0.25) is 5.02 Å². The number of hydrogen-bond donors (Lipinski definition) is 0. The number of halogens is 2. The third kappa shape index (κ3) is 4.38. The molecule has 31 heavy (non-hydrogen) atoms. The van der Waals surface area contributed by atoms with Gasteiger partial charge in [0.1, 0.15) is 5.82 Å². The van der Waals surface area contributed by atoms with Gasteiger partial charge in [0.05, 0.1) is 14.2 Å². The smallest absolute Gasteiger partial charge is 0.196 e. The molecule has 0 unspecified atom stereocenters. The van der Waals surface area contributed by atoms with Crippen LogP contribution in [-0.2, 0) is 5.75 Å². The molecule has 0 spiro atoms. The quantitative estimate of drug-likeness (QED) is 0.318. The SMILES string of the molecule is COc1ccc(-c2nnc(SCc3c(F)cccc3Cl)n2-c2ccccc2)cc1OC. The zero-order valence-electron chi connectivity index (χ0n) is 16.9. The molecule has 0 aliphatic carbocycles. The Morgan fingerprint density at radius 2 is 1.71 bits per heavy atom. The Bertz CT molecular complexity index is 1180. The van der Waals surface area contributed by atoms with Gasteiger partial charge in [-0.2, -0.15) is 0 Å². The van der Waals surface area contributed by atoms with E-state index in [1.54, 1.807) is 26.4 Å². The first-order valence-corrected chi connectivity index (χ1v) is 10.8. The number of para-hydroxylation sites is 1. The lowest BCUT2D eigenvalue weighted by Crippen LogP contribution is -2.00. The monoisotopic (exact) mass is 455 g/mol. The topological polar surface area (TPSA) is 49.2 Å². The Morgan fingerprint density at radius 3 is 2.42 bits per heavy atom. The Balaban J connectivity index is 1.77. The number of ether oxygens (including phenoxy) is 2. The number of benzene rings is 3. The van der Waals surface area contributed by atoms with Crippen molar-refractivity contribution >= 4 is 23.4 Å². The van der Waals surface area contributed by atoms with Gasteiger partial charge in [0.2, 0.25) is 0 Å². The van der Waals surface area contributed by atoms with E-state index in [-0.39, 0.29) is 5.82 Å². The van der Waals surface area contributed by atoms with Gasteiger partial charge in [0, 0.05) is 27.6 Å². The van der Waals surface area contributed by atoms with Crippen LogP contribution in [0.3, 0.4) is 0 Å². The van der Waals surface area contributed by atoms with E-state index in [0.29, 0.717) is 38.8 Å². The van der Waals surface area contributed by atoms with Gasteiger partial charge in [-0.05, 0) is 42.5 Å². The summed E-state index contributed by atoms with van der Waals surface area (Å²) in [6, 6.07) is 20.0. The molecule has 0 atom stereocenters. The Morgan fingerprint density at radius 1 is 0.935 bits per heavy atom. The number of hydrogen-bond acceptors (Lipinski definition) is 5. The standard InChI is InChI=1S/C23H19ClFN3O2S/c1-29-20-12-11-15(13-21(20)30-2)22-26-27-23(28(22)16-7-4-3-5-8-16)31-14-17-18(24)9-6-10-19(17)25/h3-13H,14H2,1-2H3. The minimum atomic E-state index is -0.342. The van der Waals surface area contributed by atoms with Crippen molar-refractivity contribution in [3.8, 4) is 28.6 Å². The highest BCUT2D eigenvalue weighted by Gasteiger charge is 2.19. The fourth-order valence-electron chi connectivity index (χ4n) is 3.14. The van der Waals surface area contributed by atoms with E-state index in [9.17, 15) is 4.39 Å². The molecule has 0 bridgehead atoms. The normalized spacial score (nSPS) is 10.8. The lowest BCUT2D eigenvalue weighted by atomic mass is 10.2. The van der Waals surface area contributed by atoms with Crippen molar-refractivity contribution in [3.63, 3.8) is 0 Å². The number of thioether (sulfide) groups is 1. The van der Waals surface area contributed by atoms with Crippen molar-refractivity contribution in [2.45, 2.75) is 10.9 Å². The lowest BCUT2D eigenvalue weighted by molar-refractivity contribution is 0.355. The molecule has 0 radical (unpaired) electrons. The van der Waals surface area contributed by atoms with Gasteiger partial charge in [-0.3, -0.25) is 4.57 Å². The van der Waals surface area contributed by atoms with Crippen LogP contribution in [-0.4, -0.2) is 29.0 Å². The molecule has 4 aromatic rings. The maximum Gasteiger partial charge on any atom is 0.196 e. The van der Waals surface area contributed by atoms with Gasteiger partial charge >= 0.3 is 0 Å². The highest BCUT2D eigenvalue weighted by Crippen LogP contribution is 2.35. The summed E-state index contributed by atoms with van der Waals surface area (Å²) in [7, 11) is 3.18. The first-order chi connectivity index (χ1) is 15.1. The number of aromatic nitrogens is 3. The molecule has 0 fully saturated rings. The van der Waals surface area contributed by atoms with Crippen LogP contribution < -0.4 is 9.47 Å². The number of rotatable bonds is 7. The van der Waals surface area contributed by atoms with Crippen molar-refractivity contribution < 1.29 is 13.9 Å². The summed E-state index contributed by atoms with van der Waals surface area (Å²) in [5.41, 5.74) is 2.13. The molecule has 3 aromatic carbocycles. The van der Waals surface area contributed by atoms with E-state index in [1.165, 1.54) is 17.8 Å². The van der Waals surface area contributed by atoms with Crippen LogP contribution in [0.25, 0.3) is 17.1 Å². The molecule has 4 rings (SSSR count). The van der Waals surface area contributed by atoms with Crippen molar-refractivity contribution in [1.82, 2.24) is 14.8 Å². The third-order valence-corrected chi connectivity index (χ3v) is 6.01. The average Bonchev–Trinajstić information content (AvgIpc) is 3.22. The zero-order chi connectivity index (χ0) is 21.8. The van der Waals surface area contributed by atoms with Crippen LogP contribution in [0.5, 0.6) is 11.5 Å². The van der Waals surface area contributed by atoms with Gasteiger partial charge in [-0.1, -0.05) is 47.6 Å². The van der Waals surface area contributed by atoms with Gasteiger partial charge in [-0.25, -0.2) is 4.39 Å². The minimum Gasteiger partial charge on any atom is -0.493 e. The number of methoxy groups -OCH3 is 2. The van der Waals surface area contributed by atoms with Crippen LogP contribution in [0.4, 0.5) is 4.39 Å². The second-order valence-corrected chi connectivity index (χ2v) is 7.89. The molecule has 0 N–H and O–H groups in total. The van der Waals surface area contributed by atoms with Crippen LogP contribution in [0.15, 0.2) is 71.9 Å². The van der Waals surface area contributed by atoms with E-state index >= 15 is 0 Å². The second-order valence-electron chi connectivity index (χ2n) is 6.54. The molecule has 0 saturated carbocycles. The first-order valence-electron chi connectivity index (χ1n) is 9.41. The van der Waals surface area contributed by atoms with Crippen LogP contribution in [0.1, 0.15) is 5.56 Å². The molecule has 5 nitrogen and oxygen atoms in total. The van der Waals surface area contributed by atoms with Crippen LogP contribution >= 0.6 is 23.4 Å². The predicted molar refractivity (Wildman–Crippen MR) is 121 cm³/mol. The first kappa shape index (κ1) is 21.2. The molecule has 158 valence electrons. The molecule has 1 aromatic heterocycles. The van der Waals surface area contributed by atoms with E-state index in [1.807, 2.05) is 53.1 Å². The van der Waals surface area contributed by atoms with E-state index in [0.717, 1.165) is 11.3 Å². The van der Waals surface area contributed by atoms with Crippen LogP contribution in [0, 0.1) is 5.82 Å². The predicted octanol–water partition coefficient (Wildman–Crippen LogP) is 6.04. The van der Waals surface area contributed by atoms with Crippen molar-refractivity contribution in [3.05, 3.63) is 83.1 Å². The molecule has 0 aliphatic rings. The summed E-state index contributed by atoms with van der Waals surface area (Å²) in [6.07, 6.45) is 0. The van der Waals surface area contributed by atoms with Crippen molar-refractivity contribution in [2.24, 2.45) is 0 Å². The Labute approximate surface area is 188 Å². The summed E-state index contributed by atoms with van der Waals surface area (Å²) < 4.78 is 26.9. The summed E-state index contributed by atoms with van der Waals surface area (Å²) in [6.45, 7) is 0. The summed E-state index contributed by atoms with van der Waals surface area (Å²) in [5, 5.41) is 9.81. The molecule has 0 amide bonds. The fourth-order valence-corrected chi connectivity index (χ4v) is 4.44. The van der Waals surface area contributed by atoms with Gasteiger partial charge in [0.25, 0.3) is 0 Å². The van der Waals surface area contributed by atoms with E-state index in [4.69, 9.17) is 21.1 Å². The number of nitrogens with zero attached hydrogens (tertiary/aromatic N) is 3. The largest absolute Gasteiger partial charge is 0.493 e. The fraction of sp³-hybridized carbons (Fsp3) is 0.130. The van der Waals surface area contributed by atoms with Gasteiger partial charge < -0.3 is 9.47 Å². The maximum absolute atomic E-state index is 14.2. The molecular formula is C23H19ClFN3O2S. The summed E-state index contributed by atoms with van der Waals surface area (Å²) in [4.78, 5) is 0. The Hall–Kier alpha value is -3.03. The lowest BCUT2D eigenvalue weighted by Gasteiger charge is -2.12. The highest BCUT2D eigenvalue weighted by atomic mass is 35.5. The summed E-state index contributed by atoms with van der Waals surface area (Å²) in [5.74, 6) is 1.83. The zero-order valence-corrected chi connectivity index (χ0v) is 18.5. The van der Waals surface area contributed by atoms with Crippen molar-refractivity contribution in [1.29, 1.82) is 0 Å². The van der Waals surface area contributed by atoms with Crippen molar-refractivity contribution in [2.75, 3.05) is 14.2 Å². The molecule has 0 aliphatic heterocycles. The molecular weight excluding hydrogens is 437 g/mol. The molecule has 1 heterocycles. The summed E-state index contributed by atoms with van der Waals surface area (Å²) >= 11 is 7.56. The average molecular weight is 456 g/mol. The Kier molecular flexibility index (Phi) is 6.44. The molecule has 0 saturated heterocycles. The van der Waals surface area contributed by atoms with Gasteiger partial charge in [-0.15, -0.1) is 10.2 Å². The van der Waals surface area contributed by atoms with Gasteiger partial charge in [0.15, 0.2) is 22.5 Å². The minimum absolute atomic E-state index is 0.322. The highest BCUT2D eigenvalue weighted by molar-refractivity contribution is 7.98. The second kappa shape index (κ2) is 9.41. The van der Waals surface area contributed by atoms with E-state index in [2.05, 4.69) is 10.2 Å². The third-order valence-electron chi connectivity index (χ3n) is 4.70. The molecule has 8 heteroatoms.